The van der Waals surface area contributed by atoms with E-state index in [1.165, 1.54) is 12.1 Å². The van der Waals surface area contributed by atoms with Crippen molar-refractivity contribution in [1.82, 2.24) is 0 Å². The quantitative estimate of drug-likeness (QED) is 0.909. The average Bonchev–Trinajstić information content (AvgIpc) is 3.10. The minimum atomic E-state index is -0.565. The van der Waals surface area contributed by atoms with Gasteiger partial charge in [0, 0.05) is 18.1 Å². The third-order valence-corrected chi connectivity index (χ3v) is 4.34. The van der Waals surface area contributed by atoms with Gasteiger partial charge in [0.15, 0.2) is 0 Å². The van der Waals surface area contributed by atoms with E-state index in [2.05, 4.69) is 0 Å². The standard InChI is InChI=1S/C15H18F2O2/c16-12-5-10(6-13(17)7-12)8-15(9-18)3-4-19-14(15)11-1-2-11/h5-7,11,14,18H,1-4,8-9H2. The van der Waals surface area contributed by atoms with Crippen LogP contribution in [-0.2, 0) is 11.2 Å². The fraction of sp³-hybridized carbons (Fsp3) is 0.600. The maximum Gasteiger partial charge on any atom is 0.126 e. The van der Waals surface area contributed by atoms with E-state index < -0.39 is 11.6 Å². The Morgan fingerprint density at radius 2 is 1.89 bits per heavy atom. The SMILES string of the molecule is OCC1(Cc2cc(F)cc(F)c2)CCOC1C1CC1. The summed E-state index contributed by atoms with van der Waals surface area (Å²) in [4.78, 5) is 0. The summed E-state index contributed by atoms with van der Waals surface area (Å²) in [6.07, 6.45) is 3.51. The second-order valence-electron chi connectivity index (χ2n) is 5.85. The molecule has 4 heteroatoms. The van der Waals surface area contributed by atoms with E-state index in [1.807, 2.05) is 0 Å². The van der Waals surface area contributed by atoms with Crippen LogP contribution in [-0.4, -0.2) is 24.4 Å². The molecule has 1 aliphatic carbocycles. The number of halogens is 2. The molecular weight excluding hydrogens is 250 g/mol. The number of hydrogen-bond donors (Lipinski definition) is 1. The third kappa shape index (κ3) is 2.51. The minimum absolute atomic E-state index is 0.00625. The number of aliphatic hydroxyl groups is 1. The van der Waals surface area contributed by atoms with Crippen molar-refractivity contribution in [3.63, 3.8) is 0 Å². The lowest BCUT2D eigenvalue weighted by atomic mass is 9.75. The molecule has 1 heterocycles. The molecule has 0 aromatic heterocycles. The molecule has 1 N–H and O–H groups in total. The van der Waals surface area contributed by atoms with Crippen molar-refractivity contribution in [3.05, 3.63) is 35.4 Å². The molecule has 2 unspecified atom stereocenters. The van der Waals surface area contributed by atoms with Gasteiger partial charge in [-0.2, -0.15) is 0 Å². The first-order valence-electron chi connectivity index (χ1n) is 6.80. The van der Waals surface area contributed by atoms with Gasteiger partial charge in [-0.25, -0.2) is 8.78 Å². The van der Waals surface area contributed by atoms with Crippen molar-refractivity contribution < 1.29 is 18.6 Å². The van der Waals surface area contributed by atoms with Gasteiger partial charge >= 0.3 is 0 Å². The smallest absolute Gasteiger partial charge is 0.126 e. The second-order valence-corrected chi connectivity index (χ2v) is 5.85. The van der Waals surface area contributed by atoms with Gasteiger partial charge in [-0.15, -0.1) is 0 Å². The molecule has 1 aliphatic heterocycles. The normalized spacial score (nSPS) is 30.8. The molecule has 2 fully saturated rings. The monoisotopic (exact) mass is 268 g/mol. The molecule has 0 radical (unpaired) electrons. The lowest BCUT2D eigenvalue weighted by Gasteiger charge is -2.32. The summed E-state index contributed by atoms with van der Waals surface area (Å²) in [6, 6.07) is 3.57. The number of rotatable bonds is 4. The van der Waals surface area contributed by atoms with Crippen LogP contribution in [0.5, 0.6) is 0 Å². The lowest BCUT2D eigenvalue weighted by molar-refractivity contribution is 0.000521. The Bertz CT molecular complexity index is 453. The van der Waals surface area contributed by atoms with Crippen LogP contribution in [0.15, 0.2) is 18.2 Å². The van der Waals surface area contributed by atoms with Gasteiger partial charge in [-0.1, -0.05) is 0 Å². The highest BCUT2D eigenvalue weighted by Crippen LogP contribution is 2.49. The molecule has 104 valence electrons. The van der Waals surface area contributed by atoms with Crippen LogP contribution >= 0.6 is 0 Å². The van der Waals surface area contributed by atoms with E-state index in [0.717, 1.165) is 25.3 Å². The topological polar surface area (TPSA) is 29.5 Å². The summed E-state index contributed by atoms with van der Waals surface area (Å²) in [5, 5.41) is 9.80. The highest BCUT2D eigenvalue weighted by Gasteiger charge is 2.50. The highest BCUT2D eigenvalue weighted by molar-refractivity contribution is 5.21. The van der Waals surface area contributed by atoms with Crippen LogP contribution in [0.2, 0.25) is 0 Å². The van der Waals surface area contributed by atoms with Crippen LogP contribution < -0.4 is 0 Å². The predicted octanol–water partition coefficient (Wildman–Crippen LogP) is 2.68. The first-order chi connectivity index (χ1) is 9.13. The Balaban J connectivity index is 1.85. The minimum Gasteiger partial charge on any atom is -0.396 e. The summed E-state index contributed by atoms with van der Waals surface area (Å²) >= 11 is 0. The van der Waals surface area contributed by atoms with Crippen LogP contribution in [0.4, 0.5) is 8.78 Å². The zero-order valence-electron chi connectivity index (χ0n) is 10.7. The molecule has 0 bridgehead atoms. The van der Waals surface area contributed by atoms with E-state index in [9.17, 15) is 13.9 Å². The second kappa shape index (κ2) is 4.84. The highest BCUT2D eigenvalue weighted by atomic mass is 19.1. The molecule has 2 nitrogen and oxygen atoms in total. The van der Waals surface area contributed by atoms with Gasteiger partial charge in [0.05, 0.1) is 12.7 Å². The third-order valence-electron chi connectivity index (χ3n) is 4.34. The molecule has 1 aromatic rings. The maximum absolute atomic E-state index is 13.3. The van der Waals surface area contributed by atoms with Crippen molar-refractivity contribution in [2.75, 3.05) is 13.2 Å². The van der Waals surface area contributed by atoms with Crippen molar-refractivity contribution in [3.8, 4) is 0 Å². The van der Waals surface area contributed by atoms with Crippen molar-refractivity contribution >= 4 is 0 Å². The molecule has 3 rings (SSSR count). The molecular formula is C15H18F2O2. The largest absolute Gasteiger partial charge is 0.396 e. The van der Waals surface area contributed by atoms with Gasteiger partial charge in [-0.3, -0.25) is 0 Å². The first-order valence-corrected chi connectivity index (χ1v) is 6.80. The van der Waals surface area contributed by atoms with E-state index in [4.69, 9.17) is 4.74 Å². The summed E-state index contributed by atoms with van der Waals surface area (Å²) < 4.78 is 32.3. The van der Waals surface area contributed by atoms with Crippen LogP contribution in [0.1, 0.15) is 24.8 Å². The zero-order valence-corrected chi connectivity index (χ0v) is 10.7. The van der Waals surface area contributed by atoms with Crippen molar-refractivity contribution in [2.45, 2.75) is 31.8 Å². The Morgan fingerprint density at radius 1 is 1.21 bits per heavy atom. The van der Waals surface area contributed by atoms with Gasteiger partial charge in [0.1, 0.15) is 11.6 Å². The average molecular weight is 268 g/mol. The Kier molecular flexibility index (Phi) is 3.31. The number of ether oxygens (including phenoxy) is 1. The van der Waals surface area contributed by atoms with E-state index in [1.54, 1.807) is 0 Å². The zero-order chi connectivity index (χ0) is 13.5. The summed E-state index contributed by atoms with van der Waals surface area (Å²) in [5.74, 6) is -0.622. The predicted molar refractivity (Wildman–Crippen MR) is 66.7 cm³/mol. The molecule has 1 aromatic carbocycles. The molecule has 1 saturated heterocycles. The van der Waals surface area contributed by atoms with Crippen LogP contribution in [0.25, 0.3) is 0 Å². The Hall–Kier alpha value is -1.00. The summed E-state index contributed by atoms with van der Waals surface area (Å²) in [5.41, 5.74) is 0.226. The van der Waals surface area contributed by atoms with Crippen molar-refractivity contribution in [1.29, 1.82) is 0 Å². The number of hydrogen-bond acceptors (Lipinski definition) is 2. The van der Waals surface area contributed by atoms with Gasteiger partial charge in [-0.05, 0) is 49.3 Å². The van der Waals surface area contributed by atoms with Crippen molar-refractivity contribution in [2.24, 2.45) is 11.3 Å². The molecule has 19 heavy (non-hydrogen) atoms. The van der Waals surface area contributed by atoms with Crippen LogP contribution in [0, 0.1) is 23.0 Å². The summed E-state index contributed by atoms with van der Waals surface area (Å²) in [6.45, 7) is 0.631. The van der Waals surface area contributed by atoms with Gasteiger partial charge in [0.25, 0.3) is 0 Å². The molecule has 0 spiro atoms. The summed E-state index contributed by atoms with van der Waals surface area (Å²) in [7, 11) is 0. The number of benzene rings is 1. The first kappa shape index (κ1) is 13.0. The van der Waals surface area contributed by atoms with Gasteiger partial charge < -0.3 is 9.84 Å². The van der Waals surface area contributed by atoms with Gasteiger partial charge in [0.2, 0.25) is 0 Å². The van der Waals surface area contributed by atoms with Crippen LogP contribution in [0.3, 0.4) is 0 Å². The fourth-order valence-electron chi connectivity index (χ4n) is 3.28. The Morgan fingerprint density at radius 3 is 2.47 bits per heavy atom. The van der Waals surface area contributed by atoms with E-state index in [0.29, 0.717) is 24.5 Å². The lowest BCUT2D eigenvalue weighted by Crippen LogP contribution is -2.38. The molecule has 2 atom stereocenters. The fourth-order valence-corrected chi connectivity index (χ4v) is 3.28. The number of aliphatic hydroxyl groups excluding tert-OH is 1. The maximum atomic E-state index is 13.3. The molecule has 0 amide bonds. The molecule has 1 saturated carbocycles. The molecule has 2 aliphatic rings. The Labute approximate surface area is 111 Å². The van der Waals surface area contributed by atoms with E-state index in [-0.39, 0.29) is 18.1 Å². The van der Waals surface area contributed by atoms with E-state index >= 15 is 0 Å².